The molecule has 0 bridgehead atoms. The Morgan fingerprint density at radius 2 is 1.90 bits per heavy atom. The third-order valence-electron chi connectivity index (χ3n) is 6.90. The van der Waals surface area contributed by atoms with Crippen LogP contribution in [0.3, 0.4) is 0 Å². The minimum atomic E-state index is -3.57. The first-order chi connectivity index (χ1) is 18.9. The molecule has 0 radical (unpaired) electrons. The lowest BCUT2D eigenvalue weighted by atomic mass is 10.1. The van der Waals surface area contributed by atoms with Gasteiger partial charge < -0.3 is 14.8 Å². The molecule has 0 saturated carbocycles. The van der Waals surface area contributed by atoms with Crippen LogP contribution in [-0.2, 0) is 34.5 Å². The number of hydrogen-bond acceptors (Lipinski definition) is 9. The molecule has 13 heteroatoms. The van der Waals surface area contributed by atoms with Crippen LogP contribution < -0.4 is 10.1 Å². The fourth-order valence-electron chi connectivity index (χ4n) is 4.87. The molecule has 4 aromatic rings. The van der Waals surface area contributed by atoms with Gasteiger partial charge in [-0.25, -0.2) is 9.97 Å². The van der Waals surface area contributed by atoms with E-state index in [0.717, 1.165) is 31.8 Å². The van der Waals surface area contributed by atoms with Crippen LogP contribution in [0.15, 0.2) is 42.7 Å². The molecule has 204 valence electrons. The van der Waals surface area contributed by atoms with E-state index in [-0.39, 0.29) is 0 Å². The maximum atomic E-state index is 13.3. The van der Waals surface area contributed by atoms with Gasteiger partial charge in [-0.3, -0.25) is 4.98 Å². The summed E-state index contributed by atoms with van der Waals surface area (Å²) in [5.41, 5.74) is 2.93. The highest BCUT2D eigenvalue weighted by Crippen LogP contribution is 2.40. The Kier molecular flexibility index (Phi) is 7.40. The van der Waals surface area contributed by atoms with E-state index in [1.54, 1.807) is 23.8 Å². The van der Waals surface area contributed by atoms with Crippen LogP contribution in [0.2, 0.25) is 5.02 Å². The van der Waals surface area contributed by atoms with Crippen LogP contribution in [0.1, 0.15) is 16.0 Å². The van der Waals surface area contributed by atoms with Gasteiger partial charge in [0.1, 0.15) is 16.4 Å². The molecule has 2 aliphatic rings. The molecule has 0 aliphatic carbocycles. The number of halogens is 1. The van der Waals surface area contributed by atoms with Crippen molar-refractivity contribution in [2.45, 2.75) is 19.5 Å². The van der Waals surface area contributed by atoms with Gasteiger partial charge in [-0.2, -0.15) is 17.0 Å². The topological polar surface area (TPSA) is 110 Å². The van der Waals surface area contributed by atoms with Crippen molar-refractivity contribution in [1.29, 1.82) is 0 Å². The molecule has 0 amide bonds. The summed E-state index contributed by atoms with van der Waals surface area (Å²) in [7, 11) is -1.98. The number of aromatic nitrogens is 3. The Morgan fingerprint density at radius 1 is 1.10 bits per heavy atom. The fourth-order valence-corrected chi connectivity index (χ4v) is 8.02. The lowest BCUT2D eigenvalue weighted by Gasteiger charge is -2.33. The molecule has 1 saturated heterocycles. The largest absolute Gasteiger partial charge is 0.495 e. The van der Waals surface area contributed by atoms with Crippen LogP contribution in [0.4, 0.5) is 5.82 Å². The molecular formula is C26H27ClN6O4S2. The average molecular weight is 587 g/mol. The van der Waals surface area contributed by atoms with Crippen LogP contribution in [0.25, 0.3) is 21.6 Å². The maximum Gasteiger partial charge on any atom is 0.282 e. The summed E-state index contributed by atoms with van der Waals surface area (Å²) >= 11 is 7.87. The van der Waals surface area contributed by atoms with Crippen molar-refractivity contribution < 1.29 is 17.9 Å². The number of anilines is 1. The molecule has 5 heterocycles. The number of pyridine rings is 1. The van der Waals surface area contributed by atoms with Gasteiger partial charge in [0.05, 0.1) is 30.7 Å². The van der Waals surface area contributed by atoms with Crippen LogP contribution in [0, 0.1) is 0 Å². The molecule has 0 spiro atoms. The Balaban J connectivity index is 1.36. The van der Waals surface area contributed by atoms with Crippen LogP contribution in [-0.4, -0.2) is 71.9 Å². The summed E-state index contributed by atoms with van der Waals surface area (Å²) in [6.45, 7) is 2.80. The summed E-state index contributed by atoms with van der Waals surface area (Å²) in [6.07, 6.45) is 4.01. The predicted octanol–water partition coefficient (Wildman–Crippen LogP) is 3.96. The normalized spacial score (nSPS) is 16.8. The van der Waals surface area contributed by atoms with Gasteiger partial charge in [-0.1, -0.05) is 17.7 Å². The average Bonchev–Trinajstić information content (AvgIpc) is 3.35. The number of fused-ring (bicyclic) bond motifs is 3. The number of morpholine rings is 1. The van der Waals surface area contributed by atoms with E-state index in [9.17, 15) is 8.42 Å². The zero-order valence-electron chi connectivity index (χ0n) is 21.3. The van der Waals surface area contributed by atoms with Gasteiger partial charge in [0.25, 0.3) is 10.2 Å². The Labute approximate surface area is 235 Å². The third-order valence-corrected chi connectivity index (χ3v) is 10.3. The second-order valence-electron chi connectivity index (χ2n) is 9.24. The second kappa shape index (κ2) is 11.0. The first kappa shape index (κ1) is 26.4. The first-order valence-electron chi connectivity index (χ1n) is 12.6. The van der Waals surface area contributed by atoms with Crippen molar-refractivity contribution in [1.82, 2.24) is 23.6 Å². The summed E-state index contributed by atoms with van der Waals surface area (Å²) in [4.78, 5) is 15.7. The first-order valence-corrected chi connectivity index (χ1v) is 15.1. The number of nitrogens with one attached hydrogen (secondary N) is 1. The maximum absolute atomic E-state index is 13.3. The number of methoxy groups -OCH3 is 1. The molecule has 1 N–H and O–H groups in total. The van der Waals surface area contributed by atoms with E-state index in [0.29, 0.717) is 74.8 Å². The van der Waals surface area contributed by atoms with E-state index in [4.69, 9.17) is 31.0 Å². The van der Waals surface area contributed by atoms with Gasteiger partial charge in [0, 0.05) is 55.6 Å². The highest BCUT2D eigenvalue weighted by molar-refractivity contribution is 7.86. The standard InChI is InChI=1S/C26H27ClN6O4S2/c1-36-21-3-2-17(14-20(21)27)15-29-25-23-19-6-9-33(39(34,35)32-10-12-37-13-11-32)16-22(19)38-26(23)31-24(30-25)18-4-7-28-8-5-18/h2-5,7-8,14H,6,9-13,15-16H2,1H3,(H,29,30,31). The van der Waals surface area contributed by atoms with Crippen molar-refractivity contribution in [3.63, 3.8) is 0 Å². The number of thiophene rings is 1. The molecular weight excluding hydrogens is 560 g/mol. The Bertz CT molecular complexity index is 1610. The monoisotopic (exact) mass is 586 g/mol. The van der Waals surface area contributed by atoms with Gasteiger partial charge >= 0.3 is 0 Å². The quantitative estimate of drug-likeness (QED) is 0.346. The Morgan fingerprint density at radius 3 is 2.64 bits per heavy atom. The van der Waals surface area contributed by atoms with Crippen molar-refractivity contribution in [2.75, 3.05) is 45.3 Å². The van der Waals surface area contributed by atoms with Crippen LogP contribution >= 0.6 is 22.9 Å². The number of rotatable bonds is 7. The fraction of sp³-hybridized carbons (Fsp3) is 0.346. The van der Waals surface area contributed by atoms with E-state index in [2.05, 4.69) is 10.3 Å². The lowest BCUT2D eigenvalue weighted by molar-refractivity contribution is 0.0699. The lowest BCUT2D eigenvalue weighted by Crippen LogP contribution is -2.49. The number of benzene rings is 1. The SMILES string of the molecule is COc1ccc(CNc2nc(-c3ccncc3)nc3sc4c(c23)CCN(S(=O)(=O)N2CCOCC2)C4)cc1Cl. The second-order valence-corrected chi connectivity index (χ2v) is 12.7. The number of hydrogen-bond donors (Lipinski definition) is 1. The van der Waals surface area contributed by atoms with Crippen molar-refractivity contribution >= 4 is 49.2 Å². The minimum absolute atomic E-state index is 0.314. The highest BCUT2D eigenvalue weighted by Gasteiger charge is 2.35. The van der Waals surface area contributed by atoms with Crippen LogP contribution in [0.5, 0.6) is 5.75 Å². The van der Waals surface area contributed by atoms with Gasteiger partial charge in [0.2, 0.25) is 0 Å². The number of nitrogens with zero attached hydrogens (tertiary/aromatic N) is 5. The molecule has 1 aromatic carbocycles. The zero-order chi connectivity index (χ0) is 27.0. The van der Waals surface area contributed by atoms with Crippen molar-refractivity contribution in [2.24, 2.45) is 0 Å². The molecule has 0 atom stereocenters. The van der Waals surface area contributed by atoms with E-state index >= 15 is 0 Å². The minimum Gasteiger partial charge on any atom is -0.495 e. The van der Waals surface area contributed by atoms with Crippen molar-refractivity contribution in [3.8, 4) is 17.1 Å². The molecule has 2 aliphatic heterocycles. The summed E-state index contributed by atoms with van der Waals surface area (Å²) in [5.74, 6) is 1.91. The summed E-state index contributed by atoms with van der Waals surface area (Å²) < 4.78 is 40.4. The third kappa shape index (κ3) is 5.20. The summed E-state index contributed by atoms with van der Waals surface area (Å²) in [6, 6.07) is 9.41. The van der Waals surface area contributed by atoms with E-state index < -0.39 is 10.2 Å². The molecule has 39 heavy (non-hydrogen) atoms. The zero-order valence-corrected chi connectivity index (χ0v) is 23.7. The van der Waals surface area contributed by atoms with E-state index in [1.807, 2.05) is 30.3 Å². The Hall–Kier alpha value is -2.87. The van der Waals surface area contributed by atoms with Gasteiger partial charge in [0.15, 0.2) is 5.82 Å². The molecule has 6 rings (SSSR count). The molecule has 1 fully saturated rings. The van der Waals surface area contributed by atoms with Gasteiger partial charge in [-0.15, -0.1) is 11.3 Å². The number of ether oxygens (including phenoxy) is 2. The molecule has 10 nitrogen and oxygen atoms in total. The molecule has 3 aromatic heterocycles. The predicted molar refractivity (Wildman–Crippen MR) is 151 cm³/mol. The smallest absolute Gasteiger partial charge is 0.282 e. The van der Waals surface area contributed by atoms with Crippen molar-refractivity contribution in [3.05, 3.63) is 63.8 Å². The summed E-state index contributed by atoms with van der Waals surface area (Å²) in [5, 5.41) is 4.97. The molecule has 0 unspecified atom stereocenters. The van der Waals surface area contributed by atoms with Gasteiger partial charge in [-0.05, 0) is 41.8 Å². The van der Waals surface area contributed by atoms with E-state index in [1.165, 1.54) is 15.6 Å². The highest BCUT2D eigenvalue weighted by atomic mass is 35.5.